The summed E-state index contributed by atoms with van der Waals surface area (Å²) in [7, 11) is -3.85. The van der Waals surface area contributed by atoms with Crippen LogP contribution in [-0.4, -0.2) is 31.0 Å². The van der Waals surface area contributed by atoms with Gasteiger partial charge in [-0.3, -0.25) is 9.59 Å². The first-order chi connectivity index (χ1) is 8.48. The summed E-state index contributed by atoms with van der Waals surface area (Å²) >= 11 is 0. The lowest BCUT2D eigenvalue weighted by molar-refractivity contribution is -0.163. The van der Waals surface area contributed by atoms with Crippen molar-refractivity contribution < 1.29 is 22.3 Å². The molecule has 0 atom stereocenters. The van der Waals surface area contributed by atoms with Crippen LogP contribution in [0.4, 0.5) is 0 Å². The van der Waals surface area contributed by atoms with E-state index in [0.717, 1.165) is 32.1 Å². The van der Waals surface area contributed by atoms with Gasteiger partial charge in [0, 0.05) is 12.8 Å². The molecule has 0 N–H and O–H groups in total. The van der Waals surface area contributed by atoms with Gasteiger partial charge in [0.25, 0.3) is 21.9 Å². The summed E-state index contributed by atoms with van der Waals surface area (Å²) in [6.45, 7) is 0. The van der Waals surface area contributed by atoms with Gasteiger partial charge in [0.1, 0.15) is 0 Å². The van der Waals surface area contributed by atoms with Crippen molar-refractivity contribution in [2.24, 2.45) is 5.92 Å². The van der Waals surface area contributed by atoms with E-state index in [1.807, 2.05) is 0 Å². The highest BCUT2D eigenvalue weighted by Crippen LogP contribution is 2.26. The Morgan fingerprint density at radius 3 is 2.17 bits per heavy atom. The van der Waals surface area contributed by atoms with Crippen LogP contribution in [0.3, 0.4) is 0 Å². The number of nitrogens with zero attached hydrogens (tertiary/aromatic N) is 1. The average molecular weight is 275 g/mol. The SMILES string of the molecule is O=C1CCC(=O)N1OS(=O)(=O)CC1CCCCC1. The predicted molar refractivity (Wildman–Crippen MR) is 62.5 cm³/mol. The van der Waals surface area contributed by atoms with E-state index in [9.17, 15) is 18.0 Å². The summed E-state index contributed by atoms with van der Waals surface area (Å²) in [4.78, 5) is 22.5. The van der Waals surface area contributed by atoms with Crippen LogP contribution in [0.2, 0.25) is 0 Å². The topological polar surface area (TPSA) is 80.8 Å². The van der Waals surface area contributed by atoms with E-state index in [-0.39, 0.29) is 24.5 Å². The van der Waals surface area contributed by atoms with Crippen molar-refractivity contribution in [2.45, 2.75) is 44.9 Å². The second-order valence-corrected chi connectivity index (χ2v) is 6.48. The van der Waals surface area contributed by atoms with E-state index in [4.69, 9.17) is 0 Å². The van der Waals surface area contributed by atoms with Crippen molar-refractivity contribution in [1.82, 2.24) is 5.06 Å². The first kappa shape index (κ1) is 13.5. The lowest BCUT2D eigenvalue weighted by atomic mass is 9.91. The molecule has 2 aliphatic rings. The van der Waals surface area contributed by atoms with Gasteiger partial charge in [-0.25, -0.2) is 0 Å². The second kappa shape index (κ2) is 5.36. The molecule has 0 aromatic heterocycles. The number of carbonyl (C=O) groups is 2. The van der Waals surface area contributed by atoms with E-state index in [0.29, 0.717) is 5.06 Å². The Labute approximate surface area is 106 Å². The molecule has 1 heterocycles. The third kappa shape index (κ3) is 3.29. The molecule has 1 saturated carbocycles. The van der Waals surface area contributed by atoms with Gasteiger partial charge in [0.15, 0.2) is 0 Å². The maximum Gasteiger partial charge on any atom is 0.288 e. The Hall–Kier alpha value is -0.950. The summed E-state index contributed by atoms with van der Waals surface area (Å²) in [6, 6.07) is 0. The summed E-state index contributed by atoms with van der Waals surface area (Å²) in [5, 5.41) is 0.401. The van der Waals surface area contributed by atoms with Crippen LogP contribution < -0.4 is 0 Å². The third-order valence-corrected chi connectivity index (χ3v) is 4.61. The smallest absolute Gasteiger partial charge is 0.272 e. The highest BCUT2D eigenvalue weighted by atomic mass is 32.2. The van der Waals surface area contributed by atoms with Crippen LogP contribution in [0.5, 0.6) is 0 Å². The van der Waals surface area contributed by atoms with E-state index in [1.54, 1.807) is 0 Å². The number of hydrogen-bond donors (Lipinski definition) is 0. The highest BCUT2D eigenvalue weighted by molar-refractivity contribution is 7.86. The molecule has 2 fully saturated rings. The molecule has 2 amide bonds. The molecule has 0 bridgehead atoms. The predicted octanol–water partition coefficient (Wildman–Crippen LogP) is 0.977. The molecular weight excluding hydrogens is 258 g/mol. The number of imide groups is 1. The molecule has 7 heteroatoms. The van der Waals surface area contributed by atoms with Crippen LogP contribution >= 0.6 is 0 Å². The van der Waals surface area contributed by atoms with E-state index >= 15 is 0 Å². The lowest BCUT2D eigenvalue weighted by Gasteiger charge is -2.21. The van der Waals surface area contributed by atoms with Gasteiger partial charge in [-0.05, 0) is 18.8 Å². The van der Waals surface area contributed by atoms with Gasteiger partial charge in [0.2, 0.25) is 0 Å². The average Bonchev–Trinajstić information content (AvgIpc) is 2.61. The second-order valence-electron chi connectivity index (χ2n) is 4.88. The lowest BCUT2D eigenvalue weighted by Crippen LogP contribution is -2.34. The van der Waals surface area contributed by atoms with Crippen molar-refractivity contribution in [2.75, 3.05) is 5.75 Å². The van der Waals surface area contributed by atoms with Gasteiger partial charge in [-0.2, -0.15) is 8.42 Å². The van der Waals surface area contributed by atoms with Crippen LogP contribution in [0.1, 0.15) is 44.9 Å². The Bertz CT molecular complexity index is 422. The van der Waals surface area contributed by atoms with Gasteiger partial charge in [-0.1, -0.05) is 19.3 Å². The zero-order chi connectivity index (χ0) is 13.2. The molecule has 1 aliphatic carbocycles. The normalized spacial score (nSPS) is 22.8. The summed E-state index contributed by atoms with van der Waals surface area (Å²) < 4.78 is 28.2. The molecule has 1 aliphatic heterocycles. The Balaban J connectivity index is 1.94. The molecule has 1 saturated heterocycles. The van der Waals surface area contributed by atoms with E-state index in [1.165, 1.54) is 0 Å². The molecule has 102 valence electrons. The molecule has 2 rings (SSSR count). The third-order valence-electron chi connectivity index (χ3n) is 3.36. The van der Waals surface area contributed by atoms with Crippen molar-refractivity contribution in [3.63, 3.8) is 0 Å². The van der Waals surface area contributed by atoms with E-state index in [2.05, 4.69) is 4.28 Å². The fourth-order valence-corrected chi connectivity index (χ4v) is 3.79. The summed E-state index contributed by atoms with van der Waals surface area (Å²) in [6.07, 6.45) is 4.98. The summed E-state index contributed by atoms with van der Waals surface area (Å²) in [5.74, 6) is -1.18. The van der Waals surface area contributed by atoms with E-state index < -0.39 is 21.9 Å². The van der Waals surface area contributed by atoms with Crippen LogP contribution in [-0.2, 0) is 24.0 Å². The Morgan fingerprint density at radius 2 is 1.61 bits per heavy atom. The van der Waals surface area contributed by atoms with Crippen molar-refractivity contribution in [3.05, 3.63) is 0 Å². The number of amides is 2. The fraction of sp³-hybridized carbons (Fsp3) is 0.818. The molecule has 0 aromatic carbocycles. The number of hydrogen-bond acceptors (Lipinski definition) is 5. The van der Waals surface area contributed by atoms with Crippen molar-refractivity contribution in [1.29, 1.82) is 0 Å². The molecule has 18 heavy (non-hydrogen) atoms. The quantitative estimate of drug-likeness (QED) is 0.714. The largest absolute Gasteiger partial charge is 0.288 e. The Morgan fingerprint density at radius 1 is 1.06 bits per heavy atom. The van der Waals surface area contributed by atoms with Crippen LogP contribution in [0.25, 0.3) is 0 Å². The van der Waals surface area contributed by atoms with Crippen LogP contribution in [0.15, 0.2) is 0 Å². The minimum atomic E-state index is -3.85. The molecule has 0 spiro atoms. The zero-order valence-electron chi connectivity index (χ0n) is 10.1. The number of carbonyl (C=O) groups excluding carboxylic acids is 2. The molecule has 0 radical (unpaired) electrons. The molecule has 6 nitrogen and oxygen atoms in total. The highest BCUT2D eigenvalue weighted by Gasteiger charge is 2.35. The standard InChI is InChI=1S/C11H17NO5S/c13-10-6-7-11(14)12(10)17-18(15,16)8-9-4-2-1-3-5-9/h9H,1-8H2. The zero-order valence-corrected chi connectivity index (χ0v) is 10.9. The van der Waals surface area contributed by atoms with Gasteiger partial charge in [-0.15, -0.1) is 9.35 Å². The maximum absolute atomic E-state index is 11.8. The fourth-order valence-electron chi connectivity index (χ4n) is 2.43. The van der Waals surface area contributed by atoms with Gasteiger partial charge < -0.3 is 0 Å². The Kier molecular flexibility index (Phi) is 4.01. The minimum Gasteiger partial charge on any atom is -0.272 e. The van der Waals surface area contributed by atoms with Gasteiger partial charge >= 0.3 is 0 Å². The first-order valence-electron chi connectivity index (χ1n) is 6.26. The molecular formula is C11H17NO5S. The monoisotopic (exact) mass is 275 g/mol. The van der Waals surface area contributed by atoms with Gasteiger partial charge in [0.05, 0.1) is 5.75 Å². The van der Waals surface area contributed by atoms with Crippen molar-refractivity contribution in [3.8, 4) is 0 Å². The maximum atomic E-state index is 11.8. The first-order valence-corrected chi connectivity index (χ1v) is 7.84. The summed E-state index contributed by atoms with van der Waals surface area (Å²) in [5.41, 5.74) is 0. The number of rotatable bonds is 4. The van der Waals surface area contributed by atoms with Crippen molar-refractivity contribution >= 4 is 21.9 Å². The molecule has 0 unspecified atom stereocenters. The number of hydroxylamine groups is 2. The minimum absolute atomic E-state index is 0.0256. The molecule has 0 aromatic rings. The van der Waals surface area contributed by atoms with Crippen LogP contribution in [0, 0.1) is 5.92 Å².